The molecule has 2 aliphatic heterocycles. The number of likely N-dealkylation sites (N-methyl/N-ethyl adjacent to an activating group) is 1. The van der Waals surface area contributed by atoms with Gasteiger partial charge in [-0.1, -0.05) is 0 Å². The van der Waals surface area contributed by atoms with Crippen LogP contribution in [0.3, 0.4) is 0 Å². The minimum atomic E-state index is -5.08. The molecule has 44 heavy (non-hydrogen) atoms. The van der Waals surface area contributed by atoms with Crippen molar-refractivity contribution in [3.8, 4) is 17.0 Å². The van der Waals surface area contributed by atoms with Crippen LogP contribution in [0.15, 0.2) is 47.0 Å². The van der Waals surface area contributed by atoms with Gasteiger partial charge >= 0.3 is 24.3 Å². The molecule has 1 aromatic carbocycles. The molecule has 2 aliphatic rings. The zero-order valence-electron chi connectivity index (χ0n) is 24.1. The number of aliphatic carboxylic acids is 2. The molecule has 0 bridgehead atoms. The van der Waals surface area contributed by atoms with Gasteiger partial charge in [0.25, 0.3) is 0 Å². The summed E-state index contributed by atoms with van der Waals surface area (Å²) in [5.41, 5.74) is 2.41. The summed E-state index contributed by atoms with van der Waals surface area (Å²) in [6, 6.07) is 12.4. The molecular formula is C28H32F6N4O6. The number of methoxy groups -OCH3 is 1. The average molecular weight is 635 g/mol. The van der Waals surface area contributed by atoms with Crippen molar-refractivity contribution in [2.45, 2.75) is 50.7 Å². The van der Waals surface area contributed by atoms with E-state index in [1.54, 1.807) is 7.11 Å². The van der Waals surface area contributed by atoms with E-state index < -0.39 is 24.3 Å². The molecule has 0 atom stereocenters. The third kappa shape index (κ3) is 8.31. The Hall–Kier alpha value is -4.05. The molecule has 1 spiro atoms. The fourth-order valence-corrected chi connectivity index (χ4v) is 5.08. The van der Waals surface area contributed by atoms with Crippen LogP contribution in [-0.2, 0) is 28.2 Å². The van der Waals surface area contributed by atoms with Crippen LogP contribution in [0.5, 0.6) is 5.75 Å². The number of furan rings is 1. The third-order valence-electron chi connectivity index (χ3n) is 7.39. The van der Waals surface area contributed by atoms with Crippen molar-refractivity contribution in [1.29, 1.82) is 0 Å². The molecular weight excluding hydrogens is 602 g/mol. The third-order valence-corrected chi connectivity index (χ3v) is 7.39. The lowest BCUT2D eigenvalue weighted by molar-refractivity contribution is -0.193. The van der Waals surface area contributed by atoms with E-state index in [0.717, 1.165) is 62.8 Å². The van der Waals surface area contributed by atoms with Crippen LogP contribution >= 0.6 is 0 Å². The normalized spacial score (nSPS) is 16.7. The average Bonchev–Trinajstić information content (AvgIpc) is 3.58. The molecule has 1 fully saturated rings. The number of ether oxygens (including phenoxy) is 1. The zero-order valence-corrected chi connectivity index (χ0v) is 24.1. The van der Waals surface area contributed by atoms with Crippen molar-refractivity contribution in [2.24, 2.45) is 0 Å². The summed E-state index contributed by atoms with van der Waals surface area (Å²) >= 11 is 0. The van der Waals surface area contributed by atoms with Gasteiger partial charge < -0.3 is 23.9 Å². The summed E-state index contributed by atoms with van der Waals surface area (Å²) in [6.07, 6.45) is -5.94. The fourth-order valence-electron chi connectivity index (χ4n) is 5.08. The standard InChI is InChI=1S/C24H30N4O2.2C2HF3O2/c1-18-4-7-21(30-18)17-27-12-10-24(11-13-27)23-25-16-22(28(23)15-14-26(24)2)19-5-8-20(29-3)9-6-19;2*3-2(4,5)1(6)7/h4-9,16H,10-15,17H2,1-3H3;2*(H,6,7). The smallest absolute Gasteiger partial charge is 0.490 e. The number of hydrogen-bond acceptors (Lipinski definition) is 7. The Balaban J connectivity index is 0.000000317. The number of alkyl halides is 6. The maximum absolute atomic E-state index is 10.6. The number of carbonyl (C=O) groups is 2. The summed E-state index contributed by atoms with van der Waals surface area (Å²) in [6.45, 7) is 7.02. The molecule has 3 aromatic rings. The SMILES string of the molecule is COc1ccc(-c2cnc3n2CCN(C)C32CCN(Cc3ccc(C)o3)CC2)cc1.O=C(O)C(F)(F)F.O=C(O)C(F)(F)F. The number of piperidine rings is 1. The van der Waals surface area contributed by atoms with E-state index in [-0.39, 0.29) is 5.54 Å². The molecule has 2 N–H and O–H groups in total. The molecule has 16 heteroatoms. The largest absolute Gasteiger partial charge is 0.497 e. The lowest BCUT2D eigenvalue weighted by Gasteiger charge is -2.49. The Morgan fingerprint density at radius 2 is 1.48 bits per heavy atom. The van der Waals surface area contributed by atoms with Crippen LogP contribution < -0.4 is 4.74 Å². The van der Waals surface area contributed by atoms with Crippen LogP contribution in [-0.4, -0.2) is 87.6 Å². The van der Waals surface area contributed by atoms with E-state index in [1.807, 2.05) is 25.1 Å². The summed E-state index contributed by atoms with van der Waals surface area (Å²) in [5, 5.41) is 14.2. The topological polar surface area (TPSA) is 121 Å². The molecule has 2 aromatic heterocycles. The van der Waals surface area contributed by atoms with Crippen LogP contribution in [0.4, 0.5) is 26.3 Å². The number of hydrogen-bond donors (Lipinski definition) is 2. The number of aromatic nitrogens is 2. The monoisotopic (exact) mass is 634 g/mol. The first kappa shape index (κ1) is 34.4. The van der Waals surface area contributed by atoms with E-state index in [0.29, 0.717) is 0 Å². The number of aryl methyl sites for hydroxylation is 1. The van der Waals surface area contributed by atoms with Gasteiger partial charge in [0.1, 0.15) is 23.1 Å². The van der Waals surface area contributed by atoms with Crippen molar-refractivity contribution < 1.29 is 55.3 Å². The highest BCUT2D eigenvalue weighted by molar-refractivity contribution is 5.73. The van der Waals surface area contributed by atoms with Gasteiger partial charge in [-0.05, 0) is 63.2 Å². The summed E-state index contributed by atoms with van der Waals surface area (Å²) in [4.78, 5) is 27.8. The van der Waals surface area contributed by atoms with Crippen molar-refractivity contribution in [3.05, 3.63) is 59.9 Å². The fraction of sp³-hybridized carbons (Fsp3) is 0.464. The van der Waals surface area contributed by atoms with Crippen LogP contribution in [0.25, 0.3) is 11.3 Å². The van der Waals surface area contributed by atoms with Crippen molar-refractivity contribution in [2.75, 3.05) is 33.8 Å². The van der Waals surface area contributed by atoms with Gasteiger partial charge in [-0.25, -0.2) is 14.6 Å². The van der Waals surface area contributed by atoms with Gasteiger partial charge in [0.15, 0.2) is 0 Å². The number of nitrogens with zero attached hydrogens (tertiary/aromatic N) is 4. The van der Waals surface area contributed by atoms with Crippen LogP contribution in [0.1, 0.15) is 30.2 Å². The molecule has 0 radical (unpaired) electrons. The number of benzene rings is 1. The summed E-state index contributed by atoms with van der Waals surface area (Å²) in [5.74, 6) is -1.37. The molecule has 0 saturated carbocycles. The van der Waals surface area contributed by atoms with E-state index in [2.05, 4.69) is 45.8 Å². The van der Waals surface area contributed by atoms with E-state index in [4.69, 9.17) is 33.9 Å². The second kappa shape index (κ2) is 13.7. The minimum absolute atomic E-state index is 0.0125. The first-order valence-corrected chi connectivity index (χ1v) is 13.3. The van der Waals surface area contributed by atoms with Gasteiger partial charge in [-0.15, -0.1) is 0 Å². The Labute approximate surface area is 248 Å². The summed E-state index contributed by atoms with van der Waals surface area (Å²) in [7, 11) is 3.96. The highest BCUT2D eigenvalue weighted by atomic mass is 19.4. The summed E-state index contributed by atoms with van der Waals surface area (Å²) < 4.78 is 77.0. The number of carboxylic acids is 2. The molecule has 0 aliphatic carbocycles. The van der Waals surface area contributed by atoms with Crippen molar-refractivity contribution in [3.63, 3.8) is 0 Å². The molecule has 10 nitrogen and oxygen atoms in total. The minimum Gasteiger partial charge on any atom is -0.497 e. The van der Waals surface area contributed by atoms with E-state index in [1.165, 1.54) is 17.1 Å². The number of likely N-dealkylation sites (tertiary alicyclic amines) is 1. The number of carboxylic acid groups (broad SMARTS) is 2. The molecule has 5 rings (SSSR count). The molecule has 0 amide bonds. The first-order chi connectivity index (χ1) is 20.5. The van der Waals surface area contributed by atoms with Crippen molar-refractivity contribution in [1.82, 2.24) is 19.4 Å². The van der Waals surface area contributed by atoms with E-state index in [9.17, 15) is 26.3 Å². The van der Waals surface area contributed by atoms with E-state index >= 15 is 0 Å². The Bertz CT molecular complexity index is 1390. The molecule has 1 saturated heterocycles. The predicted molar refractivity (Wildman–Crippen MR) is 144 cm³/mol. The second-order valence-electron chi connectivity index (χ2n) is 10.2. The Morgan fingerprint density at radius 3 is 1.93 bits per heavy atom. The molecule has 4 heterocycles. The highest BCUT2D eigenvalue weighted by Crippen LogP contribution is 2.42. The number of rotatable bonds is 4. The van der Waals surface area contributed by atoms with Crippen molar-refractivity contribution >= 4 is 11.9 Å². The highest BCUT2D eigenvalue weighted by Gasteiger charge is 2.45. The van der Waals surface area contributed by atoms with Gasteiger partial charge in [0, 0.05) is 31.7 Å². The second-order valence-corrected chi connectivity index (χ2v) is 10.2. The maximum Gasteiger partial charge on any atom is 0.490 e. The Morgan fingerprint density at radius 1 is 0.932 bits per heavy atom. The quantitative estimate of drug-likeness (QED) is 0.375. The van der Waals surface area contributed by atoms with Gasteiger partial charge in [-0.2, -0.15) is 26.3 Å². The maximum atomic E-state index is 10.6. The lowest BCUT2D eigenvalue weighted by Crippen LogP contribution is -2.56. The first-order valence-electron chi connectivity index (χ1n) is 13.3. The zero-order chi connectivity index (χ0) is 32.9. The number of fused-ring (bicyclic) bond motifs is 2. The lowest BCUT2D eigenvalue weighted by atomic mass is 9.83. The van der Waals surface area contributed by atoms with Crippen LogP contribution in [0.2, 0.25) is 0 Å². The molecule has 0 unspecified atom stereocenters. The number of imidazole rings is 1. The number of halogens is 6. The van der Waals surface area contributed by atoms with Gasteiger partial charge in [-0.3, -0.25) is 9.80 Å². The van der Waals surface area contributed by atoms with Crippen LogP contribution in [0, 0.1) is 6.92 Å². The predicted octanol–water partition coefficient (Wildman–Crippen LogP) is 5.16. The molecule has 242 valence electrons. The Kier molecular flexibility index (Phi) is 10.7. The van der Waals surface area contributed by atoms with Gasteiger partial charge in [0.2, 0.25) is 0 Å². The van der Waals surface area contributed by atoms with Gasteiger partial charge in [0.05, 0.1) is 31.1 Å².